The Bertz CT molecular complexity index is 1920. The third kappa shape index (κ3) is 71.1. The second kappa shape index (κ2) is 68.2. The van der Waals surface area contributed by atoms with Gasteiger partial charge >= 0.3 is 39.5 Å². The number of carbonyl (C=O) groups excluding carboxylic acids is 4. The fraction of sp³-hybridized carbons (Fsp3) is 0.949. The second-order valence-electron chi connectivity index (χ2n) is 30.1. The minimum Gasteiger partial charge on any atom is -0.462 e. The number of unbranched alkanes of at least 4 members (excludes halogenated alkanes) is 41. The van der Waals surface area contributed by atoms with Crippen molar-refractivity contribution in [2.24, 2.45) is 23.7 Å². The van der Waals surface area contributed by atoms with Gasteiger partial charge in [0.15, 0.2) is 12.2 Å². The van der Waals surface area contributed by atoms with Crippen molar-refractivity contribution >= 4 is 39.5 Å². The topological polar surface area (TPSA) is 237 Å². The highest BCUT2D eigenvalue weighted by atomic mass is 31.2. The molecule has 0 aliphatic rings. The highest BCUT2D eigenvalue weighted by molar-refractivity contribution is 7.47. The van der Waals surface area contributed by atoms with E-state index in [2.05, 4.69) is 55.4 Å². The molecule has 0 aromatic rings. The molecular formula is C79H154O17P2. The van der Waals surface area contributed by atoms with Crippen LogP contribution in [0.3, 0.4) is 0 Å². The minimum absolute atomic E-state index is 0.102. The van der Waals surface area contributed by atoms with Gasteiger partial charge in [0.2, 0.25) is 0 Å². The van der Waals surface area contributed by atoms with E-state index in [1.54, 1.807) is 0 Å². The molecule has 0 aromatic carbocycles. The number of hydrogen-bond acceptors (Lipinski definition) is 15. The Hall–Kier alpha value is -1.94. The highest BCUT2D eigenvalue weighted by Crippen LogP contribution is 2.45. The lowest BCUT2D eigenvalue weighted by molar-refractivity contribution is -0.161. The number of aliphatic hydroxyl groups is 1. The molecule has 0 saturated carbocycles. The molecule has 0 rings (SSSR count). The number of hydrogen-bond donors (Lipinski definition) is 3. The molecule has 0 aliphatic heterocycles. The van der Waals surface area contributed by atoms with Crippen LogP contribution in [0.5, 0.6) is 0 Å². The van der Waals surface area contributed by atoms with Gasteiger partial charge in [0, 0.05) is 25.7 Å². The molecule has 6 atom stereocenters. The van der Waals surface area contributed by atoms with Crippen molar-refractivity contribution in [3.05, 3.63) is 0 Å². The van der Waals surface area contributed by atoms with E-state index in [9.17, 15) is 43.2 Å². The van der Waals surface area contributed by atoms with Crippen LogP contribution in [0.15, 0.2) is 0 Å². The van der Waals surface area contributed by atoms with Crippen LogP contribution >= 0.6 is 15.6 Å². The monoisotopic (exact) mass is 1440 g/mol. The maximum absolute atomic E-state index is 13.1. The standard InChI is InChI=1S/C79H154O17P2/c1-9-72(8)58-50-42-33-27-23-19-14-12-10-11-13-15-21-25-29-35-45-53-61-78(83)95-74(65-89-76(81)59-51-43-34-28-24-20-17-16-18-22-26-31-39-47-55-69(2)3)67-93-97(85,86)91-63-73(80)64-92-98(87,88)94-68-75(66-90-77(82)60-52-44-38-37-41-49-57-71(6)7)96-79(84)62-54-46-36-30-32-40-48-56-70(4)5/h69-75,80H,9-68H2,1-8H3,(H,85,86)(H,87,88)/t72?,73-,74-,75-/m1/s1. The lowest BCUT2D eigenvalue weighted by Crippen LogP contribution is -2.30. The van der Waals surface area contributed by atoms with Gasteiger partial charge in [-0.1, -0.05) is 351 Å². The molecule has 0 saturated heterocycles. The van der Waals surface area contributed by atoms with Gasteiger partial charge in [-0.2, -0.15) is 0 Å². The van der Waals surface area contributed by atoms with Crippen LogP contribution in [0.1, 0.15) is 402 Å². The SMILES string of the molecule is CCC(C)CCCCCCCCCCCCCCCCCCCCC(=O)O[C@H](COC(=O)CCCCCCCCCCCCCCCCC(C)C)COP(=O)(O)OC[C@@H](O)COP(=O)(O)OC[C@@H](COC(=O)CCCCCCCCC(C)C)OC(=O)CCCCCCCCCC(C)C. The fourth-order valence-electron chi connectivity index (χ4n) is 12.0. The summed E-state index contributed by atoms with van der Waals surface area (Å²) in [6, 6.07) is 0. The van der Waals surface area contributed by atoms with Crippen LogP contribution in [0.4, 0.5) is 0 Å². The molecule has 0 amide bonds. The molecule has 0 spiro atoms. The van der Waals surface area contributed by atoms with Gasteiger partial charge in [0.25, 0.3) is 0 Å². The zero-order valence-electron chi connectivity index (χ0n) is 64.4. The molecule has 3 N–H and O–H groups in total. The van der Waals surface area contributed by atoms with Crippen molar-refractivity contribution in [3.63, 3.8) is 0 Å². The fourth-order valence-corrected chi connectivity index (χ4v) is 13.6. The first-order chi connectivity index (χ1) is 47.1. The number of phosphoric acid groups is 2. The maximum Gasteiger partial charge on any atom is 0.472 e. The summed E-state index contributed by atoms with van der Waals surface area (Å²) in [6.07, 6.45) is 54.5. The van der Waals surface area contributed by atoms with E-state index in [0.29, 0.717) is 37.5 Å². The summed E-state index contributed by atoms with van der Waals surface area (Å²) in [7, 11) is -9.91. The van der Waals surface area contributed by atoms with Crippen LogP contribution in [0, 0.1) is 23.7 Å². The van der Waals surface area contributed by atoms with Gasteiger partial charge in [0.1, 0.15) is 19.3 Å². The zero-order valence-corrected chi connectivity index (χ0v) is 66.2. The third-order valence-electron chi connectivity index (χ3n) is 18.7. The summed E-state index contributed by atoms with van der Waals surface area (Å²) in [6.45, 7) is 14.2. The van der Waals surface area contributed by atoms with E-state index < -0.39 is 97.5 Å². The Balaban J connectivity index is 5.18. The van der Waals surface area contributed by atoms with Crippen molar-refractivity contribution in [1.29, 1.82) is 0 Å². The Kier molecular flexibility index (Phi) is 66.8. The largest absolute Gasteiger partial charge is 0.472 e. The Morgan fingerprint density at radius 3 is 0.724 bits per heavy atom. The summed E-state index contributed by atoms with van der Waals surface area (Å²) < 4.78 is 68.5. The lowest BCUT2D eigenvalue weighted by atomic mass is 9.99. The zero-order chi connectivity index (χ0) is 72.4. The van der Waals surface area contributed by atoms with E-state index in [0.717, 1.165) is 108 Å². The van der Waals surface area contributed by atoms with Gasteiger partial charge in [-0.3, -0.25) is 37.3 Å². The van der Waals surface area contributed by atoms with Gasteiger partial charge < -0.3 is 33.8 Å². The summed E-state index contributed by atoms with van der Waals surface area (Å²) in [5.41, 5.74) is 0. The van der Waals surface area contributed by atoms with Crippen molar-refractivity contribution in [3.8, 4) is 0 Å². The number of aliphatic hydroxyl groups excluding tert-OH is 1. The molecule has 0 fully saturated rings. The number of rotatable bonds is 76. The predicted molar refractivity (Wildman–Crippen MR) is 400 cm³/mol. The van der Waals surface area contributed by atoms with E-state index >= 15 is 0 Å². The molecule has 19 heteroatoms. The van der Waals surface area contributed by atoms with Crippen molar-refractivity contribution < 1.29 is 80.2 Å². The summed E-state index contributed by atoms with van der Waals surface area (Å²) in [5.74, 6) is 0.923. The predicted octanol–water partition coefficient (Wildman–Crippen LogP) is 23.2. The Morgan fingerprint density at radius 1 is 0.286 bits per heavy atom. The van der Waals surface area contributed by atoms with Crippen LogP contribution in [0.25, 0.3) is 0 Å². The van der Waals surface area contributed by atoms with Crippen LogP contribution in [0.2, 0.25) is 0 Å². The van der Waals surface area contributed by atoms with Gasteiger partial charge in [0.05, 0.1) is 26.4 Å². The third-order valence-corrected chi connectivity index (χ3v) is 20.6. The van der Waals surface area contributed by atoms with E-state index in [1.807, 2.05) is 0 Å². The summed E-state index contributed by atoms with van der Waals surface area (Å²) in [5, 5.41) is 10.6. The van der Waals surface area contributed by atoms with Gasteiger partial charge in [-0.05, 0) is 49.4 Å². The van der Waals surface area contributed by atoms with Crippen molar-refractivity contribution in [2.75, 3.05) is 39.6 Å². The van der Waals surface area contributed by atoms with Gasteiger partial charge in [-0.15, -0.1) is 0 Å². The molecule has 582 valence electrons. The molecule has 0 radical (unpaired) electrons. The van der Waals surface area contributed by atoms with E-state index in [4.69, 9.17) is 37.0 Å². The smallest absolute Gasteiger partial charge is 0.462 e. The summed E-state index contributed by atoms with van der Waals surface area (Å²) >= 11 is 0. The molecule has 0 aromatic heterocycles. The molecule has 0 heterocycles. The van der Waals surface area contributed by atoms with Crippen LogP contribution < -0.4 is 0 Å². The summed E-state index contributed by atoms with van der Waals surface area (Å²) in [4.78, 5) is 72.8. The number of ether oxygens (including phenoxy) is 4. The minimum atomic E-state index is -4.96. The molecule has 0 bridgehead atoms. The first kappa shape index (κ1) is 96.1. The Morgan fingerprint density at radius 2 is 0.490 bits per heavy atom. The van der Waals surface area contributed by atoms with E-state index in [-0.39, 0.29) is 25.7 Å². The average molecular weight is 1440 g/mol. The number of carbonyl (C=O) groups is 4. The number of phosphoric ester groups is 2. The number of esters is 4. The normalized spacial score (nSPS) is 14.3. The van der Waals surface area contributed by atoms with Crippen LogP contribution in [-0.2, 0) is 65.4 Å². The maximum atomic E-state index is 13.1. The quantitative estimate of drug-likeness (QED) is 0.0222. The molecular weight excluding hydrogens is 1280 g/mol. The highest BCUT2D eigenvalue weighted by Gasteiger charge is 2.30. The molecule has 3 unspecified atom stereocenters. The molecule has 98 heavy (non-hydrogen) atoms. The van der Waals surface area contributed by atoms with E-state index in [1.165, 1.54) is 199 Å². The average Bonchev–Trinajstić information content (AvgIpc) is 0.981. The van der Waals surface area contributed by atoms with Gasteiger partial charge in [-0.25, -0.2) is 9.13 Å². The van der Waals surface area contributed by atoms with Crippen molar-refractivity contribution in [1.82, 2.24) is 0 Å². The molecule has 17 nitrogen and oxygen atoms in total. The first-order valence-corrected chi connectivity index (χ1v) is 43.7. The Labute approximate surface area is 600 Å². The second-order valence-corrected chi connectivity index (χ2v) is 33.0. The molecule has 0 aliphatic carbocycles. The first-order valence-electron chi connectivity index (χ1n) is 40.7. The van der Waals surface area contributed by atoms with Crippen LogP contribution in [-0.4, -0.2) is 96.7 Å². The lowest BCUT2D eigenvalue weighted by Gasteiger charge is -2.21. The van der Waals surface area contributed by atoms with Crippen molar-refractivity contribution in [2.45, 2.75) is 420 Å².